The zero-order chi connectivity index (χ0) is 14.0. The van der Waals surface area contributed by atoms with Gasteiger partial charge in [0.05, 0.1) is 13.0 Å². The van der Waals surface area contributed by atoms with E-state index in [2.05, 4.69) is 5.73 Å². The van der Waals surface area contributed by atoms with Crippen molar-refractivity contribution in [2.75, 3.05) is 6.61 Å². The summed E-state index contributed by atoms with van der Waals surface area (Å²) in [5.74, 6) is -1.53. The summed E-state index contributed by atoms with van der Waals surface area (Å²) in [6.45, 7) is 2.69. The van der Waals surface area contributed by atoms with Crippen LogP contribution in [-0.4, -0.2) is 23.7 Å². The van der Waals surface area contributed by atoms with Crippen LogP contribution in [0.3, 0.4) is 0 Å². The minimum atomic E-state index is -1.33. The Morgan fingerprint density at radius 3 is 2.17 bits per heavy atom. The largest absolute Gasteiger partial charge is 0.550 e. The quantitative estimate of drug-likeness (QED) is 0.740. The minimum Gasteiger partial charge on any atom is -0.550 e. The number of carbonyl (C=O) groups excluding carboxylic acids is 1. The fourth-order valence-corrected chi connectivity index (χ4v) is 0.961. The summed E-state index contributed by atoms with van der Waals surface area (Å²) in [5, 5.41) is 17.4. The molecule has 0 saturated heterocycles. The second-order valence-corrected chi connectivity index (χ2v) is 3.34. The molecule has 0 heterocycles. The van der Waals surface area contributed by atoms with Crippen LogP contribution in [0.4, 0.5) is 5.69 Å². The predicted octanol–water partition coefficient (Wildman–Crippen LogP) is -0.440. The maximum atomic E-state index is 9.61. The van der Waals surface area contributed by atoms with Crippen molar-refractivity contribution in [1.82, 2.24) is 0 Å². The third-order valence-electron chi connectivity index (χ3n) is 1.78. The van der Waals surface area contributed by atoms with Gasteiger partial charge < -0.3 is 25.5 Å². The summed E-state index contributed by atoms with van der Waals surface area (Å²) in [7, 11) is 0. The number of carbonyl (C=O) groups is 2. The molecular formula is C12H17NO5. The van der Waals surface area contributed by atoms with Gasteiger partial charge in [-0.2, -0.15) is 0 Å². The SMILES string of the molecule is CCOc1ccc([NH3+])cc1.O=C([O-])CCC(=O)O. The highest BCUT2D eigenvalue weighted by Crippen LogP contribution is 2.11. The first kappa shape index (κ1) is 15.9. The van der Waals surface area contributed by atoms with E-state index in [4.69, 9.17) is 9.84 Å². The highest BCUT2D eigenvalue weighted by molar-refractivity contribution is 5.74. The van der Waals surface area contributed by atoms with E-state index < -0.39 is 18.4 Å². The lowest BCUT2D eigenvalue weighted by atomic mass is 10.3. The standard InChI is InChI=1S/C8H11NO.C4H6O4/c1-2-10-8-5-3-7(9)4-6-8;5-3(6)1-2-4(7)8/h3-6H,2,9H2,1H3;1-2H2,(H,5,6)(H,7,8). The van der Waals surface area contributed by atoms with Gasteiger partial charge in [0.25, 0.3) is 0 Å². The molecule has 0 radical (unpaired) electrons. The van der Waals surface area contributed by atoms with Crippen LogP contribution in [0, 0.1) is 0 Å². The van der Waals surface area contributed by atoms with Crippen molar-refractivity contribution in [3.8, 4) is 5.75 Å². The number of quaternary nitrogens is 1. The summed E-state index contributed by atoms with van der Waals surface area (Å²) in [4.78, 5) is 19.1. The lowest BCUT2D eigenvalue weighted by Gasteiger charge is -1.99. The second-order valence-electron chi connectivity index (χ2n) is 3.34. The van der Waals surface area contributed by atoms with Crippen LogP contribution in [0.1, 0.15) is 19.8 Å². The van der Waals surface area contributed by atoms with Gasteiger partial charge in [0.1, 0.15) is 11.4 Å². The van der Waals surface area contributed by atoms with E-state index in [0.717, 1.165) is 18.0 Å². The molecule has 0 atom stereocenters. The molecule has 100 valence electrons. The highest BCUT2D eigenvalue weighted by Gasteiger charge is 1.94. The zero-order valence-corrected chi connectivity index (χ0v) is 10.2. The molecule has 6 heteroatoms. The van der Waals surface area contributed by atoms with Gasteiger partial charge in [-0.05, 0) is 25.5 Å². The van der Waals surface area contributed by atoms with Crippen molar-refractivity contribution >= 4 is 17.6 Å². The molecule has 0 amide bonds. The number of benzene rings is 1. The third-order valence-corrected chi connectivity index (χ3v) is 1.78. The number of aliphatic carboxylic acids is 2. The Balaban J connectivity index is 0.000000331. The van der Waals surface area contributed by atoms with E-state index in [1.807, 2.05) is 31.2 Å². The molecule has 0 aliphatic carbocycles. The zero-order valence-electron chi connectivity index (χ0n) is 10.2. The average Bonchev–Trinajstić information content (AvgIpc) is 2.31. The molecular weight excluding hydrogens is 238 g/mol. The molecule has 6 nitrogen and oxygen atoms in total. The van der Waals surface area contributed by atoms with Crippen molar-refractivity contribution in [1.29, 1.82) is 0 Å². The summed E-state index contributed by atoms with van der Waals surface area (Å²) in [5.41, 5.74) is 4.78. The van der Waals surface area contributed by atoms with E-state index in [-0.39, 0.29) is 6.42 Å². The molecule has 0 unspecified atom stereocenters. The third kappa shape index (κ3) is 9.17. The normalized spacial score (nSPS) is 9.00. The second kappa shape index (κ2) is 9.00. The molecule has 0 saturated carbocycles. The first-order chi connectivity index (χ1) is 8.45. The molecule has 0 aliphatic heterocycles. The fourth-order valence-electron chi connectivity index (χ4n) is 0.961. The maximum absolute atomic E-state index is 9.61. The lowest BCUT2D eigenvalue weighted by molar-refractivity contribution is -0.305. The number of ether oxygens (including phenoxy) is 1. The topological polar surface area (TPSA) is 114 Å². The van der Waals surface area contributed by atoms with Crippen LogP contribution in [-0.2, 0) is 9.59 Å². The Hall–Kier alpha value is -2.08. The van der Waals surface area contributed by atoms with Gasteiger partial charge in [0.2, 0.25) is 0 Å². The maximum Gasteiger partial charge on any atom is 0.303 e. The lowest BCUT2D eigenvalue weighted by Crippen LogP contribution is -2.39. The number of hydrogen-bond donors (Lipinski definition) is 2. The monoisotopic (exact) mass is 255 g/mol. The van der Waals surface area contributed by atoms with E-state index in [1.54, 1.807) is 0 Å². The van der Waals surface area contributed by atoms with Crippen molar-refractivity contribution in [3.05, 3.63) is 24.3 Å². The van der Waals surface area contributed by atoms with Crippen molar-refractivity contribution in [2.45, 2.75) is 19.8 Å². The summed E-state index contributed by atoms with van der Waals surface area (Å²) >= 11 is 0. The Morgan fingerprint density at radius 1 is 1.28 bits per heavy atom. The number of rotatable bonds is 5. The first-order valence-corrected chi connectivity index (χ1v) is 5.42. The molecule has 1 aromatic rings. The highest BCUT2D eigenvalue weighted by atomic mass is 16.5. The Morgan fingerprint density at radius 2 is 1.83 bits per heavy atom. The molecule has 1 aromatic carbocycles. The van der Waals surface area contributed by atoms with Crippen LogP contribution < -0.4 is 15.6 Å². The summed E-state index contributed by atoms with van der Waals surface area (Å²) in [6.07, 6.45) is -0.766. The Labute approximate surface area is 105 Å². The number of carboxylic acid groups (broad SMARTS) is 2. The summed E-state index contributed by atoms with van der Waals surface area (Å²) in [6, 6.07) is 7.72. The van der Waals surface area contributed by atoms with Gasteiger partial charge in [-0.15, -0.1) is 0 Å². The van der Waals surface area contributed by atoms with Gasteiger partial charge in [-0.3, -0.25) is 4.79 Å². The van der Waals surface area contributed by atoms with Crippen LogP contribution in [0.2, 0.25) is 0 Å². The van der Waals surface area contributed by atoms with E-state index in [9.17, 15) is 14.7 Å². The van der Waals surface area contributed by atoms with Crippen LogP contribution >= 0.6 is 0 Å². The number of hydrogen-bond acceptors (Lipinski definition) is 4. The Bertz CT molecular complexity index is 361. The van der Waals surface area contributed by atoms with Crippen molar-refractivity contribution < 1.29 is 30.3 Å². The molecule has 0 spiro atoms. The first-order valence-electron chi connectivity index (χ1n) is 5.42. The van der Waals surface area contributed by atoms with Gasteiger partial charge in [-0.25, -0.2) is 0 Å². The van der Waals surface area contributed by atoms with Crippen LogP contribution in [0.25, 0.3) is 0 Å². The molecule has 18 heavy (non-hydrogen) atoms. The van der Waals surface area contributed by atoms with E-state index in [1.165, 1.54) is 0 Å². The van der Waals surface area contributed by atoms with Gasteiger partial charge in [0, 0.05) is 18.1 Å². The van der Waals surface area contributed by atoms with Crippen molar-refractivity contribution in [2.24, 2.45) is 0 Å². The minimum absolute atomic E-state index is 0.359. The van der Waals surface area contributed by atoms with E-state index in [0.29, 0.717) is 0 Å². The summed E-state index contributed by atoms with van der Waals surface area (Å²) < 4.78 is 5.23. The van der Waals surface area contributed by atoms with Crippen LogP contribution in [0.5, 0.6) is 5.75 Å². The molecule has 1 rings (SSSR count). The molecule has 0 bridgehead atoms. The van der Waals surface area contributed by atoms with Gasteiger partial charge >= 0.3 is 5.97 Å². The predicted molar refractivity (Wildman–Crippen MR) is 62.0 cm³/mol. The average molecular weight is 255 g/mol. The van der Waals surface area contributed by atoms with Crippen LogP contribution in [0.15, 0.2) is 24.3 Å². The Kier molecular flexibility index (Phi) is 7.96. The van der Waals surface area contributed by atoms with Gasteiger partial charge in [-0.1, -0.05) is 0 Å². The number of carboxylic acids is 2. The molecule has 0 aliphatic rings. The smallest absolute Gasteiger partial charge is 0.303 e. The van der Waals surface area contributed by atoms with E-state index >= 15 is 0 Å². The molecule has 4 N–H and O–H groups in total. The van der Waals surface area contributed by atoms with Crippen molar-refractivity contribution in [3.63, 3.8) is 0 Å². The van der Waals surface area contributed by atoms with Gasteiger partial charge in [0.15, 0.2) is 0 Å². The molecule has 0 aromatic heterocycles. The fraction of sp³-hybridized carbons (Fsp3) is 0.333. The molecule has 0 fully saturated rings.